The normalized spacial score (nSPS) is 12.8. The Kier molecular flexibility index (Phi) is 4.14. The maximum absolute atomic E-state index is 11.7. The predicted molar refractivity (Wildman–Crippen MR) is 81.8 cm³/mol. The van der Waals surface area contributed by atoms with Crippen LogP contribution >= 0.6 is 0 Å². The number of hydrogen-bond acceptors (Lipinski definition) is 4. The second kappa shape index (κ2) is 6.39. The van der Waals surface area contributed by atoms with Gasteiger partial charge in [-0.15, -0.1) is 0 Å². The van der Waals surface area contributed by atoms with Crippen LogP contribution in [0.1, 0.15) is 17.1 Å². The van der Waals surface area contributed by atoms with Gasteiger partial charge in [-0.25, -0.2) is 0 Å². The second-order valence-electron chi connectivity index (χ2n) is 5.01. The van der Waals surface area contributed by atoms with Gasteiger partial charge >= 0.3 is 0 Å². The van der Waals surface area contributed by atoms with Crippen molar-refractivity contribution in [2.24, 2.45) is 0 Å². The number of amides is 1. The van der Waals surface area contributed by atoms with Gasteiger partial charge in [-0.2, -0.15) is 0 Å². The lowest BCUT2D eigenvalue weighted by molar-refractivity contribution is -0.116. The standard InChI is InChI=1S/C17H17NO4/c1-12-2-4-14(22-12)5-7-17(19)18-9-8-13-3-6-15-16(10-13)21-11-20-15/h2-7,10H,8-9,11H2,1H3,(H,18,19)/b7-5+. The van der Waals surface area contributed by atoms with E-state index in [2.05, 4.69) is 5.32 Å². The van der Waals surface area contributed by atoms with Crippen LogP contribution in [0.3, 0.4) is 0 Å². The van der Waals surface area contributed by atoms with Gasteiger partial charge in [0.05, 0.1) is 0 Å². The van der Waals surface area contributed by atoms with Crippen molar-refractivity contribution in [1.82, 2.24) is 5.32 Å². The highest BCUT2D eigenvalue weighted by Crippen LogP contribution is 2.32. The van der Waals surface area contributed by atoms with Crippen molar-refractivity contribution in [1.29, 1.82) is 0 Å². The van der Waals surface area contributed by atoms with E-state index in [0.717, 1.165) is 29.2 Å². The maximum atomic E-state index is 11.7. The summed E-state index contributed by atoms with van der Waals surface area (Å²) in [7, 11) is 0. The summed E-state index contributed by atoms with van der Waals surface area (Å²) in [6, 6.07) is 9.48. The summed E-state index contributed by atoms with van der Waals surface area (Å²) in [6.07, 6.45) is 3.86. The Hall–Kier alpha value is -2.69. The lowest BCUT2D eigenvalue weighted by atomic mass is 10.1. The van der Waals surface area contributed by atoms with Crippen molar-refractivity contribution < 1.29 is 18.7 Å². The second-order valence-corrected chi connectivity index (χ2v) is 5.01. The van der Waals surface area contributed by atoms with Crippen molar-refractivity contribution in [3.63, 3.8) is 0 Å². The topological polar surface area (TPSA) is 60.7 Å². The van der Waals surface area contributed by atoms with Crippen LogP contribution in [-0.4, -0.2) is 19.2 Å². The molecular weight excluding hydrogens is 282 g/mol. The fraction of sp³-hybridized carbons (Fsp3) is 0.235. The highest BCUT2D eigenvalue weighted by atomic mass is 16.7. The van der Waals surface area contributed by atoms with Crippen molar-refractivity contribution in [2.45, 2.75) is 13.3 Å². The number of benzene rings is 1. The molecule has 3 rings (SSSR count). The first-order valence-corrected chi connectivity index (χ1v) is 7.11. The lowest BCUT2D eigenvalue weighted by Crippen LogP contribution is -2.23. The van der Waals surface area contributed by atoms with E-state index >= 15 is 0 Å². The van der Waals surface area contributed by atoms with E-state index in [4.69, 9.17) is 13.9 Å². The number of carbonyl (C=O) groups is 1. The molecule has 22 heavy (non-hydrogen) atoms. The zero-order valence-corrected chi connectivity index (χ0v) is 12.3. The first-order valence-electron chi connectivity index (χ1n) is 7.11. The van der Waals surface area contributed by atoms with Crippen molar-refractivity contribution in [3.05, 3.63) is 53.5 Å². The van der Waals surface area contributed by atoms with E-state index in [9.17, 15) is 4.79 Å². The van der Waals surface area contributed by atoms with E-state index in [1.54, 1.807) is 6.08 Å². The van der Waals surface area contributed by atoms with Crippen LogP contribution in [0.4, 0.5) is 0 Å². The molecule has 0 unspecified atom stereocenters. The van der Waals surface area contributed by atoms with E-state index in [0.29, 0.717) is 12.3 Å². The average molecular weight is 299 g/mol. The van der Waals surface area contributed by atoms with Gasteiger partial charge in [-0.1, -0.05) is 6.07 Å². The molecule has 5 nitrogen and oxygen atoms in total. The molecule has 0 bridgehead atoms. The van der Waals surface area contributed by atoms with E-state index in [-0.39, 0.29) is 12.7 Å². The Balaban J connectivity index is 1.46. The van der Waals surface area contributed by atoms with Gasteiger partial charge in [0.25, 0.3) is 0 Å². The molecule has 0 atom stereocenters. The smallest absolute Gasteiger partial charge is 0.244 e. The van der Waals surface area contributed by atoms with Gasteiger partial charge in [-0.3, -0.25) is 4.79 Å². The molecule has 0 spiro atoms. The molecule has 1 amide bonds. The van der Waals surface area contributed by atoms with Crippen LogP contribution in [0.15, 0.2) is 40.8 Å². The molecule has 2 heterocycles. The summed E-state index contributed by atoms with van der Waals surface area (Å²) >= 11 is 0. The first kappa shape index (κ1) is 14.3. The van der Waals surface area contributed by atoms with Gasteiger partial charge in [-0.05, 0) is 49.2 Å². The van der Waals surface area contributed by atoms with Crippen molar-refractivity contribution in [3.8, 4) is 11.5 Å². The molecule has 5 heteroatoms. The van der Waals surface area contributed by atoms with Crippen LogP contribution in [-0.2, 0) is 11.2 Å². The molecule has 1 aromatic carbocycles. The third-order valence-electron chi connectivity index (χ3n) is 3.31. The molecule has 114 valence electrons. The fourth-order valence-electron chi connectivity index (χ4n) is 2.19. The van der Waals surface area contributed by atoms with E-state index < -0.39 is 0 Å². The Morgan fingerprint density at radius 3 is 2.91 bits per heavy atom. The third kappa shape index (κ3) is 3.49. The van der Waals surface area contributed by atoms with Crippen LogP contribution in [0, 0.1) is 6.92 Å². The first-order chi connectivity index (χ1) is 10.7. The van der Waals surface area contributed by atoms with Gasteiger partial charge in [0.15, 0.2) is 11.5 Å². The third-order valence-corrected chi connectivity index (χ3v) is 3.31. The summed E-state index contributed by atoms with van der Waals surface area (Å²) in [4.78, 5) is 11.7. The van der Waals surface area contributed by atoms with Crippen LogP contribution in [0.5, 0.6) is 11.5 Å². The molecule has 2 aromatic rings. The molecule has 0 aliphatic carbocycles. The van der Waals surface area contributed by atoms with Gasteiger partial charge in [0.2, 0.25) is 12.7 Å². The lowest BCUT2D eigenvalue weighted by Gasteiger charge is -2.04. The highest BCUT2D eigenvalue weighted by molar-refractivity contribution is 5.91. The summed E-state index contributed by atoms with van der Waals surface area (Å²) in [5.74, 6) is 2.88. The monoisotopic (exact) mass is 299 g/mol. The maximum Gasteiger partial charge on any atom is 0.244 e. The number of hydrogen-bond donors (Lipinski definition) is 1. The van der Waals surface area contributed by atoms with Gasteiger partial charge < -0.3 is 19.2 Å². The van der Waals surface area contributed by atoms with Crippen LogP contribution in [0.2, 0.25) is 0 Å². The molecule has 0 saturated heterocycles. The summed E-state index contributed by atoms with van der Waals surface area (Å²) in [5, 5.41) is 2.84. The number of furan rings is 1. The fourth-order valence-corrected chi connectivity index (χ4v) is 2.19. The van der Waals surface area contributed by atoms with Crippen LogP contribution < -0.4 is 14.8 Å². The number of aryl methyl sites for hydroxylation is 1. The van der Waals surface area contributed by atoms with E-state index in [1.165, 1.54) is 6.08 Å². The summed E-state index contributed by atoms with van der Waals surface area (Å²) < 4.78 is 15.9. The van der Waals surface area contributed by atoms with Crippen molar-refractivity contribution in [2.75, 3.05) is 13.3 Å². The molecule has 1 aromatic heterocycles. The predicted octanol–water partition coefficient (Wildman–Crippen LogP) is 2.69. The Bertz CT molecular complexity index is 702. The molecular formula is C17H17NO4. The number of fused-ring (bicyclic) bond motifs is 1. The molecule has 1 N–H and O–H groups in total. The van der Waals surface area contributed by atoms with Crippen molar-refractivity contribution >= 4 is 12.0 Å². The summed E-state index contributed by atoms with van der Waals surface area (Å²) in [5.41, 5.74) is 1.09. The number of rotatable bonds is 5. The number of nitrogens with one attached hydrogen (secondary N) is 1. The van der Waals surface area contributed by atoms with Gasteiger partial charge in [0, 0.05) is 12.6 Å². The molecule has 1 aliphatic rings. The molecule has 0 saturated carbocycles. The van der Waals surface area contributed by atoms with Gasteiger partial charge in [0.1, 0.15) is 11.5 Å². The highest BCUT2D eigenvalue weighted by Gasteiger charge is 2.12. The molecule has 1 aliphatic heterocycles. The number of ether oxygens (including phenoxy) is 2. The minimum Gasteiger partial charge on any atom is -0.462 e. The van der Waals surface area contributed by atoms with E-state index in [1.807, 2.05) is 37.3 Å². The molecule has 0 radical (unpaired) electrons. The summed E-state index contributed by atoms with van der Waals surface area (Å²) in [6.45, 7) is 2.69. The Labute approximate surface area is 128 Å². The quantitative estimate of drug-likeness (QED) is 0.862. The minimum absolute atomic E-state index is 0.144. The largest absolute Gasteiger partial charge is 0.462 e. The minimum atomic E-state index is -0.144. The Morgan fingerprint density at radius 2 is 2.09 bits per heavy atom. The van der Waals surface area contributed by atoms with Crippen LogP contribution in [0.25, 0.3) is 6.08 Å². The zero-order valence-electron chi connectivity index (χ0n) is 12.3. The average Bonchev–Trinajstić information content (AvgIpc) is 3.13. The molecule has 0 fully saturated rings. The number of carbonyl (C=O) groups excluding carboxylic acids is 1. The Morgan fingerprint density at radius 1 is 1.23 bits per heavy atom. The SMILES string of the molecule is Cc1ccc(/C=C/C(=O)NCCc2ccc3c(c2)OCO3)o1. The zero-order chi connectivity index (χ0) is 15.4.